The van der Waals surface area contributed by atoms with Crippen LogP contribution in [0.3, 0.4) is 0 Å². The Morgan fingerprint density at radius 3 is 2.50 bits per heavy atom. The van der Waals surface area contributed by atoms with Gasteiger partial charge in [-0.25, -0.2) is 0 Å². The minimum absolute atomic E-state index is 0.0214. The van der Waals surface area contributed by atoms with E-state index < -0.39 is 0 Å². The molecule has 92 valence electrons. The molecule has 0 atom stereocenters. The molecule has 0 heterocycles. The number of rotatable bonds is 1. The van der Waals surface area contributed by atoms with Crippen LogP contribution in [-0.2, 0) is 0 Å². The van der Waals surface area contributed by atoms with Gasteiger partial charge in [-0.3, -0.25) is 15.6 Å². The van der Waals surface area contributed by atoms with Crippen LogP contribution in [0.15, 0.2) is 40.9 Å². The van der Waals surface area contributed by atoms with Gasteiger partial charge in [-0.2, -0.15) is 0 Å². The van der Waals surface area contributed by atoms with Gasteiger partial charge in [-0.1, -0.05) is 28.1 Å². The zero-order valence-corrected chi connectivity index (χ0v) is 11.6. The summed E-state index contributed by atoms with van der Waals surface area (Å²) in [6, 6.07) is 11.3. The van der Waals surface area contributed by atoms with Crippen molar-refractivity contribution in [3.05, 3.63) is 46.4 Å². The maximum Gasteiger partial charge on any atom is 0.269 e. The van der Waals surface area contributed by atoms with Gasteiger partial charge in [-0.15, -0.1) is 0 Å². The number of hydrogen-bond donors (Lipinski definition) is 3. The van der Waals surface area contributed by atoms with Gasteiger partial charge in [-0.05, 0) is 47.3 Å². The van der Waals surface area contributed by atoms with E-state index in [1.165, 1.54) is 0 Å². The van der Waals surface area contributed by atoms with Crippen molar-refractivity contribution in [3.63, 3.8) is 0 Å². The molecule has 2 rings (SSSR count). The van der Waals surface area contributed by atoms with Crippen molar-refractivity contribution < 1.29 is 4.79 Å². The topological polar surface area (TPSA) is 67.2 Å². The Balaban J connectivity index is 2.27. The molecule has 0 aromatic heterocycles. The first-order valence-corrected chi connectivity index (χ1v) is 6.31. The van der Waals surface area contributed by atoms with E-state index in [2.05, 4.69) is 39.0 Å². The van der Waals surface area contributed by atoms with Crippen LogP contribution in [0.2, 0.25) is 0 Å². The molecule has 0 saturated heterocycles. The molecule has 0 radical (unpaired) electrons. The third-order valence-electron chi connectivity index (χ3n) is 2.36. The fourth-order valence-corrected chi connectivity index (χ4v) is 1.98. The number of nitrogens with one attached hydrogen (secondary N) is 2. The molecule has 0 spiro atoms. The lowest BCUT2D eigenvalue weighted by molar-refractivity contribution is 0.0944. The summed E-state index contributed by atoms with van der Waals surface area (Å²) >= 11 is 8.01. The number of hydrazine groups is 1. The highest BCUT2D eigenvalue weighted by Crippen LogP contribution is 2.20. The van der Waals surface area contributed by atoms with Crippen LogP contribution < -0.4 is 16.6 Å². The van der Waals surface area contributed by atoms with E-state index in [-0.39, 0.29) is 11.0 Å². The number of halogens is 1. The first kappa shape index (κ1) is 12.8. The molecule has 0 unspecified atom stereocenters. The standard InChI is InChI=1S/C12H10BrN3OS/c13-10-4-3-7-5-9(2-1-8(7)6-10)11(17)15-16-12(14)18/h1-6H,(H,15,17)(H3,14,16,18). The van der Waals surface area contributed by atoms with Crippen molar-refractivity contribution >= 4 is 49.9 Å². The molecule has 0 aliphatic heterocycles. The first-order valence-electron chi connectivity index (χ1n) is 5.11. The lowest BCUT2D eigenvalue weighted by Gasteiger charge is -2.07. The summed E-state index contributed by atoms with van der Waals surface area (Å²) in [4.78, 5) is 11.8. The molecule has 4 nitrogen and oxygen atoms in total. The van der Waals surface area contributed by atoms with Gasteiger partial charge >= 0.3 is 0 Å². The van der Waals surface area contributed by atoms with Crippen molar-refractivity contribution in [2.75, 3.05) is 0 Å². The van der Waals surface area contributed by atoms with E-state index in [1.54, 1.807) is 12.1 Å². The van der Waals surface area contributed by atoms with Crippen LogP contribution in [-0.4, -0.2) is 11.0 Å². The van der Waals surface area contributed by atoms with Gasteiger partial charge in [0.25, 0.3) is 5.91 Å². The Labute approximate surface area is 118 Å². The number of fused-ring (bicyclic) bond motifs is 1. The Bertz CT molecular complexity index is 630. The van der Waals surface area contributed by atoms with E-state index >= 15 is 0 Å². The van der Waals surface area contributed by atoms with Gasteiger partial charge in [0.15, 0.2) is 5.11 Å². The number of hydrogen-bond acceptors (Lipinski definition) is 2. The first-order chi connectivity index (χ1) is 8.56. The average Bonchev–Trinajstić information content (AvgIpc) is 2.35. The van der Waals surface area contributed by atoms with Crippen LogP contribution in [0.25, 0.3) is 10.8 Å². The van der Waals surface area contributed by atoms with Crippen molar-refractivity contribution in [2.24, 2.45) is 5.73 Å². The number of thiocarbonyl (C=S) groups is 1. The third-order valence-corrected chi connectivity index (χ3v) is 2.96. The summed E-state index contributed by atoms with van der Waals surface area (Å²) in [6.45, 7) is 0. The predicted octanol–water partition coefficient (Wildman–Crippen LogP) is 2.08. The van der Waals surface area contributed by atoms with Gasteiger partial charge < -0.3 is 5.73 Å². The fourth-order valence-electron chi connectivity index (χ4n) is 1.55. The maximum absolute atomic E-state index is 11.8. The smallest absolute Gasteiger partial charge is 0.269 e. The zero-order chi connectivity index (χ0) is 13.1. The van der Waals surface area contributed by atoms with Gasteiger partial charge in [0.1, 0.15) is 0 Å². The quantitative estimate of drug-likeness (QED) is 0.555. The lowest BCUT2D eigenvalue weighted by Crippen LogP contribution is -2.44. The second-order valence-electron chi connectivity index (χ2n) is 3.65. The molecule has 18 heavy (non-hydrogen) atoms. The molecule has 0 bridgehead atoms. The minimum Gasteiger partial charge on any atom is -0.375 e. The molecular weight excluding hydrogens is 314 g/mol. The highest BCUT2D eigenvalue weighted by molar-refractivity contribution is 9.10. The molecule has 0 saturated carbocycles. The third kappa shape index (κ3) is 2.96. The molecule has 1 amide bonds. The van der Waals surface area contributed by atoms with Crippen molar-refractivity contribution in [1.29, 1.82) is 0 Å². The molecule has 4 N–H and O–H groups in total. The number of nitrogens with two attached hydrogens (primary N) is 1. The van der Waals surface area contributed by atoms with E-state index in [1.807, 2.05) is 24.3 Å². The number of amides is 1. The highest BCUT2D eigenvalue weighted by Gasteiger charge is 2.06. The van der Waals surface area contributed by atoms with E-state index in [4.69, 9.17) is 5.73 Å². The molecule has 0 aliphatic carbocycles. The Morgan fingerprint density at radius 2 is 1.78 bits per heavy atom. The summed E-state index contributed by atoms with van der Waals surface area (Å²) in [5.74, 6) is -0.285. The predicted molar refractivity (Wildman–Crippen MR) is 79.0 cm³/mol. The molecule has 0 fully saturated rings. The monoisotopic (exact) mass is 323 g/mol. The van der Waals surface area contributed by atoms with E-state index in [9.17, 15) is 4.79 Å². The Morgan fingerprint density at radius 1 is 1.11 bits per heavy atom. The highest BCUT2D eigenvalue weighted by atomic mass is 79.9. The fraction of sp³-hybridized carbons (Fsp3) is 0. The van der Waals surface area contributed by atoms with Crippen molar-refractivity contribution in [2.45, 2.75) is 0 Å². The van der Waals surface area contributed by atoms with Gasteiger partial charge in [0.2, 0.25) is 0 Å². The molecule has 2 aromatic rings. The maximum atomic E-state index is 11.8. The van der Waals surface area contributed by atoms with E-state index in [0.717, 1.165) is 15.2 Å². The average molecular weight is 324 g/mol. The van der Waals surface area contributed by atoms with Crippen LogP contribution >= 0.6 is 28.1 Å². The lowest BCUT2D eigenvalue weighted by atomic mass is 10.1. The van der Waals surface area contributed by atoms with Crippen LogP contribution in [0.5, 0.6) is 0 Å². The largest absolute Gasteiger partial charge is 0.375 e. The van der Waals surface area contributed by atoms with Crippen molar-refractivity contribution in [3.8, 4) is 0 Å². The second kappa shape index (κ2) is 5.32. The zero-order valence-electron chi connectivity index (χ0n) is 9.24. The summed E-state index contributed by atoms with van der Waals surface area (Å²) in [5.41, 5.74) is 10.6. The Hall–Kier alpha value is -1.66. The molecule has 0 aliphatic rings. The number of carbonyl (C=O) groups excluding carboxylic acids is 1. The molecule has 2 aromatic carbocycles. The SMILES string of the molecule is NC(=S)NNC(=O)c1ccc2cc(Br)ccc2c1. The summed E-state index contributed by atoms with van der Waals surface area (Å²) in [7, 11) is 0. The molecular formula is C12H10BrN3OS. The van der Waals surface area contributed by atoms with E-state index in [0.29, 0.717) is 5.56 Å². The summed E-state index contributed by atoms with van der Waals surface area (Å²) < 4.78 is 1.00. The summed E-state index contributed by atoms with van der Waals surface area (Å²) in [5, 5.41) is 2.07. The minimum atomic E-state index is -0.285. The number of carbonyl (C=O) groups is 1. The van der Waals surface area contributed by atoms with Gasteiger partial charge in [0, 0.05) is 10.0 Å². The normalized spacial score (nSPS) is 10.1. The van der Waals surface area contributed by atoms with Crippen LogP contribution in [0.1, 0.15) is 10.4 Å². The second-order valence-corrected chi connectivity index (χ2v) is 5.01. The molecule has 6 heteroatoms. The van der Waals surface area contributed by atoms with Crippen molar-refractivity contribution in [1.82, 2.24) is 10.9 Å². The number of benzene rings is 2. The van der Waals surface area contributed by atoms with Gasteiger partial charge in [0.05, 0.1) is 0 Å². The van der Waals surface area contributed by atoms with Crippen LogP contribution in [0.4, 0.5) is 0 Å². The summed E-state index contributed by atoms with van der Waals surface area (Å²) in [6.07, 6.45) is 0. The van der Waals surface area contributed by atoms with Crippen LogP contribution in [0, 0.1) is 0 Å². The Kier molecular flexibility index (Phi) is 3.78.